The van der Waals surface area contributed by atoms with Gasteiger partial charge in [0, 0.05) is 22.4 Å². The SMILES string of the molecule is CC(C)(C)SNC1CC=C(C(=O)NC2CC=C(O)C(N)C2)CC1. The summed E-state index contributed by atoms with van der Waals surface area (Å²) in [6, 6.07) is 0.0812. The lowest BCUT2D eigenvalue weighted by Gasteiger charge is -2.28. The second kappa shape index (κ2) is 7.73. The van der Waals surface area contributed by atoms with Crippen LogP contribution < -0.4 is 15.8 Å². The first-order valence-corrected chi connectivity index (χ1v) is 9.14. The zero-order chi connectivity index (χ0) is 17.0. The Balaban J connectivity index is 1.79. The van der Waals surface area contributed by atoms with Crippen LogP contribution in [-0.4, -0.2) is 33.9 Å². The molecule has 0 saturated carbocycles. The van der Waals surface area contributed by atoms with Gasteiger partial charge in [0.2, 0.25) is 5.91 Å². The lowest BCUT2D eigenvalue weighted by molar-refractivity contribution is -0.118. The molecule has 5 nitrogen and oxygen atoms in total. The van der Waals surface area contributed by atoms with Crippen molar-refractivity contribution in [3.8, 4) is 0 Å². The van der Waals surface area contributed by atoms with E-state index in [4.69, 9.17) is 5.73 Å². The van der Waals surface area contributed by atoms with Gasteiger partial charge in [0.25, 0.3) is 0 Å². The summed E-state index contributed by atoms with van der Waals surface area (Å²) in [5.74, 6) is 0.247. The number of nitrogens with one attached hydrogen (secondary N) is 2. The number of aliphatic hydroxyl groups is 1. The van der Waals surface area contributed by atoms with Crippen LogP contribution in [0.25, 0.3) is 0 Å². The van der Waals surface area contributed by atoms with Crippen molar-refractivity contribution in [1.29, 1.82) is 0 Å². The third kappa shape index (κ3) is 5.86. The first-order chi connectivity index (χ1) is 10.7. The van der Waals surface area contributed by atoms with Crippen LogP contribution in [0.4, 0.5) is 0 Å². The van der Waals surface area contributed by atoms with Gasteiger partial charge in [0.15, 0.2) is 0 Å². The van der Waals surface area contributed by atoms with Crippen molar-refractivity contribution < 1.29 is 9.90 Å². The zero-order valence-corrected chi connectivity index (χ0v) is 15.1. The van der Waals surface area contributed by atoms with Crippen molar-refractivity contribution >= 4 is 17.9 Å². The highest BCUT2D eigenvalue weighted by atomic mass is 32.2. The topological polar surface area (TPSA) is 87.4 Å². The van der Waals surface area contributed by atoms with E-state index in [9.17, 15) is 9.90 Å². The summed E-state index contributed by atoms with van der Waals surface area (Å²) in [6.45, 7) is 6.55. The molecule has 2 aliphatic carbocycles. The lowest BCUT2D eigenvalue weighted by atomic mass is 9.93. The molecule has 0 saturated heterocycles. The summed E-state index contributed by atoms with van der Waals surface area (Å²) in [5, 5.41) is 12.6. The molecule has 6 heteroatoms. The normalized spacial score (nSPS) is 28.8. The molecule has 0 aromatic rings. The fourth-order valence-corrected chi connectivity index (χ4v) is 3.48. The number of hydrogen-bond acceptors (Lipinski definition) is 5. The van der Waals surface area contributed by atoms with E-state index in [1.54, 1.807) is 18.0 Å². The molecule has 0 spiro atoms. The molecule has 0 radical (unpaired) electrons. The molecule has 0 heterocycles. The molecule has 23 heavy (non-hydrogen) atoms. The number of hydrogen-bond donors (Lipinski definition) is 4. The monoisotopic (exact) mass is 339 g/mol. The number of carbonyl (C=O) groups is 1. The van der Waals surface area contributed by atoms with Gasteiger partial charge in [-0.15, -0.1) is 0 Å². The van der Waals surface area contributed by atoms with Crippen LogP contribution in [-0.2, 0) is 4.79 Å². The minimum absolute atomic E-state index is 0.0129. The quantitative estimate of drug-likeness (QED) is 0.591. The highest BCUT2D eigenvalue weighted by Crippen LogP contribution is 2.25. The average Bonchev–Trinajstić information content (AvgIpc) is 2.49. The molecule has 0 aliphatic heterocycles. The maximum Gasteiger partial charge on any atom is 0.247 e. The highest BCUT2D eigenvalue weighted by molar-refractivity contribution is 7.98. The molecule has 0 fully saturated rings. The third-order valence-electron chi connectivity index (χ3n) is 4.10. The molecular weight excluding hydrogens is 310 g/mol. The maximum atomic E-state index is 12.3. The first-order valence-electron chi connectivity index (χ1n) is 8.32. The molecule has 0 aromatic heterocycles. The van der Waals surface area contributed by atoms with Crippen LogP contribution in [0.15, 0.2) is 23.5 Å². The van der Waals surface area contributed by atoms with E-state index in [1.165, 1.54) is 0 Å². The van der Waals surface area contributed by atoms with Crippen LogP contribution in [0.1, 0.15) is 52.9 Å². The van der Waals surface area contributed by atoms with E-state index in [0.717, 1.165) is 24.8 Å². The second-order valence-electron chi connectivity index (χ2n) is 7.41. The lowest BCUT2D eigenvalue weighted by Crippen LogP contribution is -2.43. The Bertz CT molecular complexity index is 497. The van der Waals surface area contributed by atoms with Crippen molar-refractivity contribution in [2.75, 3.05) is 0 Å². The molecule has 130 valence electrons. The van der Waals surface area contributed by atoms with Gasteiger partial charge in [0.05, 0.1) is 6.04 Å². The zero-order valence-electron chi connectivity index (χ0n) is 14.3. The fraction of sp³-hybridized carbons (Fsp3) is 0.706. The molecule has 2 rings (SSSR count). The van der Waals surface area contributed by atoms with E-state index >= 15 is 0 Å². The largest absolute Gasteiger partial charge is 0.511 e. The number of aliphatic hydroxyl groups excluding tert-OH is 1. The van der Waals surface area contributed by atoms with Crippen molar-refractivity contribution in [2.45, 2.75) is 75.7 Å². The second-order valence-corrected chi connectivity index (χ2v) is 9.07. The average molecular weight is 340 g/mol. The Morgan fingerprint density at radius 2 is 2.00 bits per heavy atom. The standard InChI is InChI=1S/C17H29N3O2S/c1-17(2,3)23-20-12-6-4-11(5-7-12)16(22)19-13-8-9-15(21)14(18)10-13/h4,9,12-14,20-21H,5-8,10,18H2,1-3H3,(H,19,22). The van der Waals surface area contributed by atoms with Crippen LogP contribution in [0.2, 0.25) is 0 Å². The first kappa shape index (κ1) is 18.4. The van der Waals surface area contributed by atoms with Gasteiger partial charge in [-0.3, -0.25) is 9.52 Å². The number of carbonyl (C=O) groups excluding carboxylic acids is 1. The third-order valence-corrected chi connectivity index (χ3v) is 5.16. The van der Waals surface area contributed by atoms with Crippen LogP contribution in [0, 0.1) is 0 Å². The van der Waals surface area contributed by atoms with Gasteiger partial charge in [0.1, 0.15) is 5.76 Å². The van der Waals surface area contributed by atoms with E-state index in [-0.39, 0.29) is 28.5 Å². The van der Waals surface area contributed by atoms with Crippen molar-refractivity contribution in [2.24, 2.45) is 5.73 Å². The van der Waals surface area contributed by atoms with Crippen LogP contribution in [0.5, 0.6) is 0 Å². The van der Waals surface area contributed by atoms with E-state index in [0.29, 0.717) is 18.9 Å². The summed E-state index contributed by atoms with van der Waals surface area (Å²) < 4.78 is 3.70. The smallest absolute Gasteiger partial charge is 0.247 e. The molecule has 3 unspecified atom stereocenters. The van der Waals surface area contributed by atoms with E-state index in [2.05, 4.69) is 36.9 Å². The Morgan fingerprint density at radius 3 is 2.57 bits per heavy atom. The minimum atomic E-state index is -0.364. The Morgan fingerprint density at radius 1 is 1.30 bits per heavy atom. The molecular formula is C17H29N3O2S. The summed E-state index contributed by atoms with van der Waals surface area (Å²) in [4.78, 5) is 12.3. The summed E-state index contributed by atoms with van der Waals surface area (Å²) in [5.41, 5.74) is 6.69. The van der Waals surface area contributed by atoms with Gasteiger partial charge in [-0.25, -0.2) is 0 Å². The molecule has 3 atom stereocenters. The van der Waals surface area contributed by atoms with Gasteiger partial charge in [-0.1, -0.05) is 18.0 Å². The van der Waals surface area contributed by atoms with Crippen LogP contribution >= 0.6 is 11.9 Å². The highest BCUT2D eigenvalue weighted by Gasteiger charge is 2.25. The van der Waals surface area contributed by atoms with Crippen molar-refractivity contribution in [3.05, 3.63) is 23.5 Å². The van der Waals surface area contributed by atoms with Gasteiger partial charge >= 0.3 is 0 Å². The fourth-order valence-electron chi connectivity index (χ4n) is 2.74. The minimum Gasteiger partial charge on any atom is -0.511 e. The number of rotatable bonds is 4. The molecule has 0 bridgehead atoms. The van der Waals surface area contributed by atoms with Gasteiger partial charge < -0.3 is 16.2 Å². The summed E-state index contributed by atoms with van der Waals surface area (Å²) >= 11 is 1.75. The molecule has 0 aromatic carbocycles. The van der Waals surface area contributed by atoms with Crippen molar-refractivity contribution in [3.63, 3.8) is 0 Å². The Labute approximate surface area is 143 Å². The predicted octanol–water partition coefficient (Wildman–Crippen LogP) is 2.55. The number of nitrogens with two attached hydrogens (primary N) is 1. The molecule has 2 aliphatic rings. The summed E-state index contributed by atoms with van der Waals surface area (Å²) in [6.07, 6.45) is 7.66. The Hall–Kier alpha value is -0.980. The molecule has 5 N–H and O–H groups in total. The maximum absolute atomic E-state index is 12.3. The summed E-state index contributed by atoms with van der Waals surface area (Å²) in [7, 11) is 0. The van der Waals surface area contributed by atoms with Crippen LogP contribution in [0.3, 0.4) is 0 Å². The van der Waals surface area contributed by atoms with E-state index < -0.39 is 0 Å². The van der Waals surface area contributed by atoms with E-state index in [1.807, 2.05) is 0 Å². The Kier molecular flexibility index (Phi) is 6.17. The number of amides is 1. The van der Waals surface area contributed by atoms with Crippen molar-refractivity contribution in [1.82, 2.24) is 10.0 Å². The predicted molar refractivity (Wildman–Crippen MR) is 96.1 cm³/mol. The van der Waals surface area contributed by atoms with Gasteiger partial charge in [-0.05, 0) is 59.0 Å². The van der Waals surface area contributed by atoms with Gasteiger partial charge in [-0.2, -0.15) is 0 Å². The molecule has 1 amide bonds.